The van der Waals surface area contributed by atoms with Crippen LogP contribution in [-0.2, 0) is 4.79 Å². The van der Waals surface area contributed by atoms with Gasteiger partial charge in [-0.05, 0) is 31.2 Å². The zero-order valence-electron chi connectivity index (χ0n) is 11.5. The standard InChI is InChI=1S/C14H20N4O2/c19-12(8-11-2-3-11)17-9-14(20)4-7-18(10-14)13-15-5-1-6-16-13/h1,5-6,11,20H,2-4,7-10H2,(H,17,19)/t14-/m1/s1. The first kappa shape index (κ1) is 13.3. The average molecular weight is 276 g/mol. The highest BCUT2D eigenvalue weighted by molar-refractivity contribution is 5.76. The first-order valence-corrected chi connectivity index (χ1v) is 7.16. The highest BCUT2D eigenvalue weighted by atomic mass is 16.3. The van der Waals surface area contributed by atoms with Crippen molar-refractivity contribution in [1.82, 2.24) is 15.3 Å². The fourth-order valence-corrected chi connectivity index (χ4v) is 2.55. The number of aromatic nitrogens is 2. The van der Waals surface area contributed by atoms with Gasteiger partial charge in [-0.1, -0.05) is 0 Å². The summed E-state index contributed by atoms with van der Waals surface area (Å²) in [5, 5.41) is 13.4. The van der Waals surface area contributed by atoms with Crippen LogP contribution in [0.1, 0.15) is 25.7 Å². The molecule has 2 N–H and O–H groups in total. The van der Waals surface area contributed by atoms with Crippen LogP contribution in [0.4, 0.5) is 5.95 Å². The van der Waals surface area contributed by atoms with Crippen molar-refractivity contribution in [1.29, 1.82) is 0 Å². The number of hydrogen-bond acceptors (Lipinski definition) is 5. The molecule has 1 saturated carbocycles. The number of rotatable bonds is 5. The van der Waals surface area contributed by atoms with Crippen LogP contribution in [0.5, 0.6) is 0 Å². The second-order valence-corrected chi connectivity index (χ2v) is 5.87. The molecule has 1 aromatic rings. The summed E-state index contributed by atoms with van der Waals surface area (Å²) in [5.74, 6) is 1.26. The van der Waals surface area contributed by atoms with Crippen LogP contribution in [0, 0.1) is 5.92 Å². The first-order valence-electron chi connectivity index (χ1n) is 7.16. The lowest BCUT2D eigenvalue weighted by atomic mass is 10.0. The summed E-state index contributed by atoms with van der Waals surface area (Å²) in [6.45, 7) is 1.47. The van der Waals surface area contributed by atoms with E-state index in [2.05, 4.69) is 15.3 Å². The quantitative estimate of drug-likeness (QED) is 0.810. The van der Waals surface area contributed by atoms with Crippen molar-refractivity contribution in [2.24, 2.45) is 5.92 Å². The van der Waals surface area contributed by atoms with E-state index in [1.165, 1.54) is 0 Å². The molecule has 20 heavy (non-hydrogen) atoms. The first-order chi connectivity index (χ1) is 9.65. The maximum atomic E-state index is 11.7. The Labute approximate surface area is 118 Å². The van der Waals surface area contributed by atoms with Gasteiger partial charge in [-0.15, -0.1) is 0 Å². The number of hydrogen-bond donors (Lipinski definition) is 2. The van der Waals surface area contributed by atoms with Crippen molar-refractivity contribution in [2.75, 3.05) is 24.5 Å². The minimum Gasteiger partial charge on any atom is -0.386 e. The van der Waals surface area contributed by atoms with Gasteiger partial charge in [0.15, 0.2) is 0 Å². The Morgan fingerprint density at radius 2 is 2.20 bits per heavy atom. The van der Waals surface area contributed by atoms with E-state index in [-0.39, 0.29) is 5.91 Å². The van der Waals surface area contributed by atoms with Crippen molar-refractivity contribution in [3.8, 4) is 0 Å². The number of amides is 1. The van der Waals surface area contributed by atoms with Gasteiger partial charge in [0.05, 0.1) is 6.54 Å². The second kappa shape index (κ2) is 5.36. The topological polar surface area (TPSA) is 78.4 Å². The molecule has 1 aliphatic carbocycles. The molecule has 0 radical (unpaired) electrons. The summed E-state index contributed by atoms with van der Waals surface area (Å²) < 4.78 is 0. The average Bonchev–Trinajstić information content (AvgIpc) is 3.18. The molecule has 1 saturated heterocycles. The van der Waals surface area contributed by atoms with E-state index >= 15 is 0 Å². The minimum atomic E-state index is -0.877. The number of carbonyl (C=O) groups excluding carboxylic acids is 1. The molecule has 0 bridgehead atoms. The lowest BCUT2D eigenvalue weighted by Crippen LogP contribution is -2.45. The maximum absolute atomic E-state index is 11.7. The van der Waals surface area contributed by atoms with E-state index in [0.29, 0.717) is 44.3 Å². The summed E-state index contributed by atoms with van der Waals surface area (Å²) in [4.78, 5) is 22.0. The van der Waals surface area contributed by atoms with E-state index in [4.69, 9.17) is 0 Å². The molecule has 1 atom stereocenters. The second-order valence-electron chi connectivity index (χ2n) is 5.87. The molecule has 6 nitrogen and oxygen atoms in total. The van der Waals surface area contributed by atoms with E-state index in [1.54, 1.807) is 18.5 Å². The molecular weight excluding hydrogens is 256 g/mol. The monoisotopic (exact) mass is 276 g/mol. The van der Waals surface area contributed by atoms with Crippen molar-refractivity contribution < 1.29 is 9.90 Å². The molecule has 3 rings (SSSR count). The third kappa shape index (κ3) is 3.25. The highest BCUT2D eigenvalue weighted by Crippen LogP contribution is 2.32. The van der Waals surface area contributed by atoms with E-state index < -0.39 is 5.60 Å². The number of anilines is 1. The molecule has 0 unspecified atom stereocenters. The van der Waals surface area contributed by atoms with Gasteiger partial charge in [-0.3, -0.25) is 4.79 Å². The molecule has 108 valence electrons. The van der Waals surface area contributed by atoms with E-state index in [1.807, 2.05) is 4.90 Å². The van der Waals surface area contributed by atoms with Gasteiger partial charge >= 0.3 is 0 Å². The Morgan fingerprint density at radius 1 is 1.45 bits per heavy atom. The van der Waals surface area contributed by atoms with Crippen LogP contribution in [0.15, 0.2) is 18.5 Å². The smallest absolute Gasteiger partial charge is 0.225 e. The Balaban J connectivity index is 1.50. The van der Waals surface area contributed by atoms with Crippen LogP contribution in [0.25, 0.3) is 0 Å². The molecule has 2 fully saturated rings. The Kier molecular flexibility index (Phi) is 3.56. The highest BCUT2D eigenvalue weighted by Gasteiger charge is 2.37. The van der Waals surface area contributed by atoms with E-state index in [0.717, 1.165) is 12.8 Å². The summed E-state index contributed by atoms with van der Waals surface area (Å²) >= 11 is 0. The fraction of sp³-hybridized carbons (Fsp3) is 0.643. The molecule has 0 spiro atoms. The summed E-state index contributed by atoms with van der Waals surface area (Å²) in [5.41, 5.74) is -0.877. The third-order valence-electron chi connectivity index (χ3n) is 3.95. The van der Waals surface area contributed by atoms with Crippen molar-refractivity contribution in [2.45, 2.75) is 31.3 Å². The number of nitrogens with one attached hydrogen (secondary N) is 1. The fourth-order valence-electron chi connectivity index (χ4n) is 2.55. The van der Waals surface area contributed by atoms with Gasteiger partial charge in [0.25, 0.3) is 0 Å². The van der Waals surface area contributed by atoms with E-state index in [9.17, 15) is 9.90 Å². The summed E-state index contributed by atoms with van der Waals surface area (Å²) in [6, 6.07) is 1.77. The van der Waals surface area contributed by atoms with Gasteiger partial charge < -0.3 is 15.3 Å². The van der Waals surface area contributed by atoms with Crippen molar-refractivity contribution in [3.05, 3.63) is 18.5 Å². The zero-order valence-corrected chi connectivity index (χ0v) is 11.5. The van der Waals surface area contributed by atoms with Crippen LogP contribution in [0.3, 0.4) is 0 Å². The number of nitrogens with zero attached hydrogens (tertiary/aromatic N) is 3. The van der Waals surface area contributed by atoms with Gasteiger partial charge in [-0.25, -0.2) is 9.97 Å². The minimum absolute atomic E-state index is 0.0512. The van der Waals surface area contributed by atoms with Crippen molar-refractivity contribution >= 4 is 11.9 Å². The molecule has 1 aliphatic heterocycles. The summed E-state index contributed by atoms with van der Waals surface area (Å²) in [7, 11) is 0. The largest absolute Gasteiger partial charge is 0.386 e. The lowest BCUT2D eigenvalue weighted by Gasteiger charge is -2.23. The maximum Gasteiger partial charge on any atom is 0.225 e. The Morgan fingerprint density at radius 3 is 2.90 bits per heavy atom. The lowest BCUT2D eigenvalue weighted by molar-refractivity contribution is -0.122. The Hall–Kier alpha value is -1.69. The predicted octanol–water partition coefficient (Wildman–Crippen LogP) is 0.334. The van der Waals surface area contributed by atoms with Crippen LogP contribution < -0.4 is 10.2 Å². The number of β-amino-alcohol motifs (C(OH)–C–C–N with tert-alkyl or cyclic N) is 1. The molecular formula is C14H20N4O2. The molecule has 6 heteroatoms. The molecule has 2 heterocycles. The SMILES string of the molecule is O=C(CC1CC1)NC[C@]1(O)CCN(c2ncccn2)C1. The zero-order chi connectivity index (χ0) is 14.0. The Bertz CT molecular complexity index is 477. The van der Waals surface area contributed by atoms with Gasteiger partial charge in [-0.2, -0.15) is 0 Å². The van der Waals surface area contributed by atoms with Crippen molar-refractivity contribution in [3.63, 3.8) is 0 Å². The van der Waals surface area contributed by atoms with Crippen LogP contribution in [0.2, 0.25) is 0 Å². The summed E-state index contributed by atoms with van der Waals surface area (Å²) in [6.07, 6.45) is 6.93. The number of aliphatic hydroxyl groups is 1. The van der Waals surface area contributed by atoms with Gasteiger partial charge in [0, 0.05) is 31.9 Å². The molecule has 2 aliphatic rings. The normalized spacial score (nSPS) is 25.8. The number of carbonyl (C=O) groups is 1. The molecule has 1 aromatic heterocycles. The molecule has 0 aromatic carbocycles. The molecule has 1 amide bonds. The van der Waals surface area contributed by atoms with Gasteiger partial charge in [0.1, 0.15) is 5.60 Å². The van der Waals surface area contributed by atoms with Crippen LogP contribution >= 0.6 is 0 Å². The van der Waals surface area contributed by atoms with Gasteiger partial charge in [0.2, 0.25) is 11.9 Å². The predicted molar refractivity (Wildman–Crippen MR) is 74.2 cm³/mol. The third-order valence-corrected chi connectivity index (χ3v) is 3.95. The van der Waals surface area contributed by atoms with Crippen LogP contribution in [-0.4, -0.2) is 46.2 Å².